The average Bonchev–Trinajstić information content (AvgIpc) is 3.22. The third-order valence-corrected chi connectivity index (χ3v) is 5.07. The Balaban J connectivity index is 2.14. The van der Waals surface area contributed by atoms with Crippen LogP contribution in [0.3, 0.4) is 0 Å². The second-order valence-electron chi connectivity index (χ2n) is 7.38. The highest BCUT2D eigenvalue weighted by Crippen LogP contribution is 2.28. The molecule has 3 unspecified atom stereocenters. The lowest BCUT2D eigenvalue weighted by molar-refractivity contribution is -0.274. The van der Waals surface area contributed by atoms with E-state index in [4.69, 9.17) is 5.21 Å². The van der Waals surface area contributed by atoms with Gasteiger partial charge >= 0.3 is 6.36 Å². The maximum absolute atomic E-state index is 14.5. The minimum Gasteiger partial charge on any atom is -0.406 e. The first-order chi connectivity index (χ1) is 15.1. The van der Waals surface area contributed by atoms with Crippen molar-refractivity contribution in [2.45, 2.75) is 57.6 Å². The molecule has 0 bridgehead atoms. The second kappa shape index (κ2) is 11.1. The van der Waals surface area contributed by atoms with E-state index >= 15 is 0 Å². The molecule has 32 heavy (non-hydrogen) atoms. The molecule has 178 valence electrons. The molecule has 0 aliphatic carbocycles. The van der Waals surface area contributed by atoms with E-state index in [0.717, 1.165) is 12.1 Å². The number of likely N-dealkylation sites (tertiary alicyclic amines) is 1. The SMILES string of the molecule is CCCCC(C(=O)N1CCCC1C(=O)Nc1cccc(OC(F)(F)F)c1)C(F)C(=O)NO. The van der Waals surface area contributed by atoms with Crippen LogP contribution < -0.4 is 15.5 Å². The number of amides is 3. The fraction of sp³-hybridized carbons (Fsp3) is 0.550. The first-order valence-electron chi connectivity index (χ1n) is 10.1. The standard InChI is InChI=1S/C20H25F4N3O5/c1-2-3-8-14(16(21)18(29)26-31)19(30)27-10-5-9-15(27)17(28)25-12-6-4-7-13(11-12)32-20(22,23)24/h4,6-7,11,14-16,31H,2-3,5,8-10H2,1H3,(H,25,28)(H,26,29). The molecule has 0 spiro atoms. The molecule has 0 aromatic heterocycles. The highest BCUT2D eigenvalue weighted by Gasteiger charge is 2.41. The van der Waals surface area contributed by atoms with Crippen molar-refractivity contribution < 1.29 is 41.9 Å². The number of hydroxylamine groups is 1. The molecule has 1 aliphatic heterocycles. The molecular formula is C20H25F4N3O5. The molecule has 3 amide bonds. The lowest BCUT2D eigenvalue weighted by Crippen LogP contribution is -2.49. The summed E-state index contributed by atoms with van der Waals surface area (Å²) in [7, 11) is 0. The molecule has 3 atom stereocenters. The van der Waals surface area contributed by atoms with Gasteiger partial charge in [0.05, 0.1) is 5.92 Å². The van der Waals surface area contributed by atoms with Crippen LogP contribution in [-0.2, 0) is 14.4 Å². The van der Waals surface area contributed by atoms with E-state index in [1.807, 2.05) is 6.92 Å². The highest BCUT2D eigenvalue weighted by molar-refractivity contribution is 5.98. The summed E-state index contributed by atoms with van der Waals surface area (Å²) in [6, 6.07) is 3.69. The molecule has 1 aromatic carbocycles. The van der Waals surface area contributed by atoms with Crippen molar-refractivity contribution in [2.24, 2.45) is 5.92 Å². The Labute approximate surface area is 181 Å². The van der Waals surface area contributed by atoms with E-state index in [9.17, 15) is 31.9 Å². The molecule has 0 saturated carbocycles. The summed E-state index contributed by atoms with van der Waals surface area (Å²) in [4.78, 5) is 38.4. The maximum atomic E-state index is 14.5. The largest absolute Gasteiger partial charge is 0.573 e. The molecule has 2 rings (SSSR count). The van der Waals surface area contributed by atoms with Crippen molar-refractivity contribution in [3.63, 3.8) is 0 Å². The molecule has 12 heteroatoms. The van der Waals surface area contributed by atoms with Gasteiger partial charge in [-0.05, 0) is 31.4 Å². The molecule has 1 aromatic rings. The average molecular weight is 463 g/mol. The Morgan fingerprint density at radius 3 is 2.66 bits per heavy atom. The van der Waals surface area contributed by atoms with Gasteiger partial charge in [0.1, 0.15) is 11.8 Å². The lowest BCUT2D eigenvalue weighted by atomic mass is 9.94. The highest BCUT2D eigenvalue weighted by atomic mass is 19.4. The lowest BCUT2D eigenvalue weighted by Gasteiger charge is -2.29. The van der Waals surface area contributed by atoms with Crippen molar-refractivity contribution in [3.05, 3.63) is 24.3 Å². The van der Waals surface area contributed by atoms with Gasteiger partial charge < -0.3 is 15.0 Å². The Bertz CT molecular complexity index is 821. The number of carbonyl (C=O) groups is 3. The van der Waals surface area contributed by atoms with Crippen molar-refractivity contribution in [2.75, 3.05) is 11.9 Å². The maximum Gasteiger partial charge on any atom is 0.573 e. The van der Waals surface area contributed by atoms with Gasteiger partial charge in [0.15, 0.2) is 6.17 Å². The predicted octanol–water partition coefficient (Wildman–Crippen LogP) is 3.16. The zero-order valence-corrected chi connectivity index (χ0v) is 17.3. The monoisotopic (exact) mass is 463 g/mol. The number of benzene rings is 1. The minimum atomic E-state index is -4.89. The smallest absolute Gasteiger partial charge is 0.406 e. The fourth-order valence-corrected chi connectivity index (χ4v) is 3.58. The summed E-state index contributed by atoms with van der Waals surface area (Å²) < 4.78 is 55.6. The fourth-order valence-electron chi connectivity index (χ4n) is 3.58. The van der Waals surface area contributed by atoms with Crippen molar-refractivity contribution in [3.8, 4) is 5.75 Å². The van der Waals surface area contributed by atoms with Crippen LogP contribution in [0.4, 0.5) is 23.2 Å². The number of ether oxygens (including phenoxy) is 1. The Hall–Kier alpha value is -2.89. The number of anilines is 1. The van der Waals surface area contributed by atoms with Crippen LogP contribution in [0.15, 0.2) is 24.3 Å². The van der Waals surface area contributed by atoms with Gasteiger partial charge in [-0.15, -0.1) is 13.2 Å². The van der Waals surface area contributed by atoms with Gasteiger partial charge in [0.25, 0.3) is 5.91 Å². The number of hydrogen-bond donors (Lipinski definition) is 3. The topological polar surface area (TPSA) is 108 Å². The number of carbonyl (C=O) groups excluding carboxylic acids is 3. The van der Waals surface area contributed by atoms with Gasteiger partial charge in [0, 0.05) is 18.3 Å². The minimum absolute atomic E-state index is 0.0293. The number of hydrogen-bond acceptors (Lipinski definition) is 5. The molecule has 1 fully saturated rings. The molecule has 3 N–H and O–H groups in total. The van der Waals surface area contributed by atoms with E-state index in [0.29, 0.717) is 19.3 Å². The van der Waals surface area contributed by atoms with Crippen LogP contribution in [0.25, 0.3) is 0 Å². The van der Waals surface area contributed by atoms with Crippen LogP contribution in [-0.4, -0.2) is 52.9 Å². The zero-order valence-electron chi connectivity index (χ0n) is 17.3. The zero-order chi connectivity index (χ0) is 23.9. The summed E-state index contributed by atoms with van der Waals surface area (Å²) >= 11 is 0. The van der Waals surface area contributed by atoms with E-state index < -0.39 is 48.0 Å². The summed E-state index contributed by atoms with van der Waals surface area (Å²) in [5, 5.41) is 11.2. The number of alkyl halides is 4. The van der Waals surface area contributed by atoms with Crippen molar-refractivity contribution in [1.29, 1.82) is 0 Å². The predicted molar refractivity (Wildman–Crippen MR) is 104 cm³/mol. The Morgan fingerprint density at radius 2 is 2.03 bits per heavy atom. The quantitative estimate of drug-likeness (QED) is 0.296. The molecule has 8 nitrogen and oxygen atoms in total. The van der Waals surface area contributed by atoms with Gasteiger partial charge in [-0.25, -0.2) is 9.87 Å². The number of unbranched alkanes of at least 4 members (excludes halogenated alkanes) is 1. The number of nitrogens with one attached hydrogen (secondary N) is 2. The Kier molecular flexibility index (Phi) is 8.81. The van der Waals surface area contributed by atoms with Gasteiger partial charge in [-0.2, -0.15) is 0 Å². The number of rotatable bonds is 9. The van der Waals surface area contributed by atoms with Gasteiger partial charge in [0.2, 0.25) is 11.8 Å². The van der Waals surface area contributed by atoms with E-state index in [1.165, 1.54) is 22.5 Å². The number of nitrogens with zero attached hydrogens (tertiary/aromatic N) is 1. The molecule has 1 saturated heterocycles. The first kappa shape index (κ1) is 25.4. The summed E-state index contributed by atoms with van der Waals surface area (Å²) in [6.07, 6.45) is -5.34. The first-order valence-corrected chi connectivity index (χ1v) is 10.1. The second-order valence-corrected chi connectivity index (χ2v) is 7.38. The van der Waals surface area contributed by atoms with Crippen LogP contribution in [0.2, 0.25) is 0 Å². The van der Waals surface area contributed by atoms with E-state index in [-0.39, 0.29) is 25.1 Å². The van der Waals surface area contributed by atoms with Crippen LogP contribution in [0, 0.1) is 5.92 Å². The van der Waals surface area contributed by atoms with Gasteiger partial charge in [-0.1, -0.05) is 25.8 Å². The molecule has 0 radical (unpaired) electrons. The summed E-state index contributed by atoms with van der Waals surface area (Å²) in [6.45, 7) is 1.98. The van der Waals surface area contributed by atoms with Crippen molar-refractivity contribution in [1.82, 2.24) is 10.4 Å². The third-order valence-electron chi connectivity index (χ3n) is 5.07. The van der Waals surface area contributed by atoms with Crippen molar-refractivity contribution >= 4 is 23.4 Å². The normalized spacial score (nSPS) is 18.1. The van der Waals surface area contributed by atoms with E-state index in [1.54, 1.807) is 0 Å². The Morgan fingerprint density at radius 1 is 1.31 bits per heavy atom. The van der Waals surface area contributed by atoms with Crippen LogP contribution in [0.1, 0.15) is 39.0 Å². The molecular weight excluding hydrogens is 438 g/mol. The summed E-state index contributed by atoms with van der Waals surface area (Å²) in [5.41, 5.74) is 1.23. The van der Waals surface area contributed by atoms with Crippen LogP contribution in [0.5, 0.6) is 5.75 Å². The van der Waals surface area contributed by atoms with Crippen LogP contribution >= 0.6 is 0 Å². The number of halogens is 4. The van der Waals surface area contributed by atoms with E-state index in [2.05, 4.69) is 10.1 Å². The molecule has 1 aliphatic rings. The summed E-state index contributed by atoms with van der Waals surface area (Å²) in [5.74, 6) is -4.64. The molecule has 1 heterocycles. The van der Waals surface area contributed by atoms with Gasteiger partial charge in [-0.3, -0.25) is 19.6 Å². The third kappa shape index (κ3) is 6.81.